The molecule has 6 heteroatoms. The van der Waals surface area contributed by atoms with E-state index in [0.717, 1.165) is 68.7 Å². The molecule has 0 unspecified atom stereocenters. The zero-order valence-electron chi connectivity index (χ0n) is 17.5. The van der Waals surface area contributed by atoms with E-state index in [1.165, 1.54) is 18.4 Å². The Bertz CT molecular complexity index is 923. The number of amides is 2. The predicted octanol–water partition coefficient (Wildman–Crippen LogP) is 4.10. The maximum Gasteiger partial charge on any atom is 0.289 e. The van der Waals surface area contributed by atoms with Crippen molar-refractivity contribution in [3.8, 4) is 0 Å². The number of imidazole rings is 1. The largest absolute Gasteiger partial charge is 0.336 e. The van der Waals surface area contributed by atoms with Gasteiger partial charge in [-0.15, -0.1) is 0 Å². The monoisotopic (exact) mass is 394 g/mol. The molecule has 3 heterocycles. The minimum absolute atomic E-state index is 0.0275. The molecular weight excluding hydrogens is 364 g/mol. The summed E-state index contributed by atoms with van der Waals surface area (Å²) < 4.78 is 1.99. The summed E-state index contributed by atoms with van der Waals surface area (Å²) in [7, 11) is 0. The van der Waals surface area contributed by atoms with E-state index in [1.54, 1.807) is 0 Å². The van der Waals surface area contributed by atoms with Gasteiger partial charge in [0.05, 0.1) is 5.69 Å². The normalized spacial score (nSPS) is 16.8. The van der Waals surface area contributed by atoms with Crippen molar-refractivity contribution < 1.29 is 9.59 Å². The second kappa shape index (κ2) is 8.39. The molecule has 1 aromatic carbocycles. The van der Waals surface area contributed by atoms with E-state index in [2.05, 4.69) is 10.3 Å². The van der Waals surface area contributed by atoms with Gasteiger partial charge in [-0.05, 0) is 69.2 Å². The van der Waals surface area contributed by atoms with Gasteiger partial charge in [-0.3, -0.25) is 9.59 Å². The highest BCUT2D eigenvalue weighted by molar-refractivity contribution is 6.05. The van der Waals surface area contributed by atoms with E-state index in [9.17, 15) is 9.59 Å². The molecule has 2 amide bonds. The van der Waals surface area contributed by atoms with Crippen LogP contribution in [-0.2, 0) is 13.0 Å². The third kappa shape index (κ3) is 4.07. The van der Waals surface area contributed by atoms with Gasteiger partial charge in [0, 0.05) is 25.3 Å². The van der Waals surface area contributed by atoms with Crippen LogP contribution in [0.1, 0.15) is 76.5 Å². The molecule has 0 bridgehead atoms. The summed E-state index contributed by atoms with van der Waals surface area (Å²) in [4.78, 5) is 32.8. The Hall–Kier alpha value is -2.63. The van der Waals surface area contributed by atoms with Crippen molar-refractivity contribution in [3.05, 3.63) is 46.5 Å². The number of carbonyl (C=O) groups excluding carboxylic acids is 2. The second-order valence-corrected chi connectivity index (χ2v) is 8.30. The van der Waals surface area contributed by atoms with Crippen LogP contribution in [0.15, 0.2) is 18.2 Å². The maximum absolute atomic E-state index is 13.2. The van der Waals surface area contributed by atoms with Crippen LogP contribution in [0.3, 0.4) is 0 Å². The van der Waals surface area contributed by atoms with E-state index < -0.39 is 0 Å². The fourth-order valence-corrected chi connectivity index (χ4v) is 4.31. The zero-order chi connectivity index (χ0) is 20.4. The molecule has 0 spiro atoms. The number of aromatic nitrogens is 2. The molecule has 0 aliphatic carbocycles. The molecule has 1 N–H and O–H groups in total. The van der Waals surface area contributed by atoms with Crippen molar-refractivity contribution in [2.75, 3.05) is 18.4 Å². The van der Waals surface area contributed by atoms with Crippen LogP contribution in [0.25, 0.3) is 0 Å². The second-order valence-electron chi connectivity index (χ2n) is 8.30. The van der Waals surface area contributed by atoms with Crippen molar-refractivity contribution in [2.45, 2.75) is 65.3 Å². The minimum atomic E-state index is -0.228. The molecule has 2 aliphatic rings. The van der Waals surface area contributed by atoms with Gasteiger partial charge < -0.3 is 14.8 Å². The summed E-state index contributed by atoms with van der Waals surface area (Å²) >= 11 is 0. The number of carbonyl (C=O) groups is 2. The summed E-state index contributed by atoms with van der Waals surface area (Å²) in [5.74, 6) is 0.181. The summed E-state index contributed by atoms with van der Waals surface area (Å²) in [5, 5.41) is 2.98. The lowest BCUT2D eigenvalue weighted by molar-refractivity contribution is 0.0743. The summed E-state index contributed by atoms with van der Waals surface area (Å²) in [6, 6.07) is 5.88. The fourth-order valence-electron chi connectivity index (χ4n) is 4.31. The molecule has 154 valence electrons. The molecule has 0 atom stereocenters. The Labute approximate surface area is 172 Å². The number of aryl methyl sites for hydroxylation is 2. The van der Waals surface area contributed by atoms with Crippen LogP contribution >= 0.6 is 0 Å². The molecule has 0 saturated carbocycles. The highest BCUT2D eigenvalue weighted by atomic mass is 16.2. The number of benzene rings is 1. The van der Waals surface area contributed by atoms with Crippen LogP contribution in [0.2, 0.25) is 0 Å². The van der Waals surface area contributed by atoms with Gasteiger partial charge in [-0.25, -0.2) is 4.98 Å². The first-order chi connectivity index (χ1) is 14.0. The van der Waals surface area contributed by atoms with Crippen LogP contribution in [0.4, 0.5) is 5.69 Å². The molecule has 6 nitrogen and oxygen atoms in total. The molecule has 4 rings (SSSR count). The van der Waals surface area contributed by atoms with Crippen molar-refractivity contribution in [1.29, 1.82) is 0 Å². The Kier molecular flexibility index (Phi) is 5.69. The topological polar surface area (TPSA) is 67.2 Å². The summed E-state index contributed by atoms with van der Waals surface area (Å²) in [6.07, 6.45) is 7.25. The van der Waals surface area contributed by atoms with Crippen LogP contribution in [0.5, 0.6) is 0 Å². The highest BCUT2D eigenvalue weighted by Gasteiger charge is 2.30. The lowest BCUT2D eigenvalue weighted by Gasteiger charge is -2.22. The quantitative estimate of drug-likeness (QED) is 0.852. The van der Waals surface area contributed by atoms with Crippen LogP contribution in [0, 0.1) is 13.8 Å². The molecule has 1 fully saturated rings. The molecular formula is C23H30N4O2. The predicted molar refractivity (Wildman–Crippen MR) is 113 cm³/mol. The number of nitrogens with one attached hydrogen (secondary N) is 1. The minimum Gasteiger partial charge on any atom is -0.336 e. The molecule has 0 radical (unpaired) electrons. The van der Waals surface area contributed by atoms with Gasteiger partial charge in [0.15, 0.2) is 11.5 Å². The number of nitrogens with zero attached hydrogens (tertiary/aromatic N) is 3. The third-order valence-corrected chi connectivity index (χ3v) is 6.18. The number of fused-ring (bicyclic) bond motifs is 1. The Morgan fingerprint density at radius 2 is 1.66 bits per heavy atom. The van der Waals surface area contributed by atoms with Gasteiger partial charge >= 0.3 is 0 Å². The van der Waals surface area contributed by atoms with E-state index in [-0.39, 0.29) is 11.8 Å². The van der Waals surface area contributed by atoms with E-state index in [0.29, 0.717) is 11.5 Å². The SMILES string of the molecule is Cc1ccc(NC(=O)c2nc(C(=O)N3CCCCCC3)n3c2CCCC3)cc1C. The van der Waals surface area contributed by atoms with Crippen LogP contribution in [-0.4, -0.2) is 39.4 Å². The van der Waals surface area contributed by atoms with E-state index in [1.807, 2.05) is 41.5 Å². The first kappa shape index (κ1) is 19.7. The smallest absolute Gasteiger partial charge is 0.289 e. The Balaban J connectivity index is 1.62. The number of hydrogen-bond acceptors (Lipinski definition) is 3. The molecule has 1 saturated heterocycles. The average Bonchev–Trinajstić information content (AvgIpc) is 2.90. The highest BCUT2D eigenvalue weighted by Crippen LogP contribution is 2.24. The lowest BCUT2D eigenvalue weighted by Crippen LogP contribution is -2.34. The Morgan fingerprint density at radius 3 is 2.38 bits per heavy atom. The van der Waals surface area contributed by atoms with Gasteiger partial charge in [0.1, 0.15) is 0 Å². The number of rotatable bonds is 3. The lowest BCUT2D eigenvalue weighted by atomic mass is 10.1. The summed E-state index contributed by atoms with van der Waals surface area (Å²) in [5.41, 5.74) is 4.38. The maximum atomic E-state index is 13.2. The van der Waals surface area contributed by atoms with E-state index >= 15 is 0 Å². The number of anilines is 1. The fraction of sp³-hybridized carbons (Fsp3) is 0.522. The van der Waals surface area contributed by atoms with Crippen molar-refractivity contribution in [1.82, 2.24) is 14.5 Å². The zero-order valence-corrected chi connectivity index (χ0v) is 17.5. The van der Waals surface area contributed by atoms with Crippen LogP contribution < -0.4 is 5.32 Å². The number of likely N-dealkylation sites (tertiary alicyclic amines) is 1. The first-order valence-electron chi connectivity index (χ1n) is 10.8. The van der Waals surface area contributed by atoms with Gasteiger partial charge in [0.25, 0.3) is 11.8 Å². The molecule has 2 aromatic rings. The van der Waals surface area contributed by atoms with Gasteiger partial charge in [-0.1, -0.05) is 18.9 Å². The Morgan fingerprint density at radius 1 is 0.931 bits per heavy atom. The van der Waals surface area contributed by atoms with Crippen molar-refractivity contribution in [3.63, 3.8) is 0 Å². The van der Waals surface area contributed by atoms with Gasteiger partial charge in [0.2, 0.25) is 0 Å². The van der Waals surface area contributed by atoms with E-state index in [4.69, 9.17) is 0 Å². The molecule has 2 aliphatic heterocycles. The molecule has 29 heavy (non-hydrogen) atoms. The van der Waals surface area contributed by atoms with Crippen molar-refractivity contribution >= 4 is 17.5 Å². The average molecular weight is 395 g/mol. The van der Waals surface area contributed by atoms with Crippen molar-refractivity contribution in [2.24, 2.45) is 0 Å². The number of hydrogen-bond donors (Lipinski definition) is 1. The first-order valence-corrected chi connectivity index (χ1v) is 10.8. The van der Waals surface area contributed by atoms with Gasteiger partial charge in [-0.2, -0.15) is 0 Å². The standard InChI is InChI=1S/C23H30N4O2/c1-16-10-11-18(15-17(16)2)24-22(28)20-19-9-5-8-14-27(19)21(25-20)23(29)26-12-6-3-4-7-13-26/h10-11,15H,3-9,12-14H2,1-2H3,(H,24,28). The third-order valence-electron chi connectivity index (χ3n) is 6.18. The molecule has 1 aromatic heterocycles. The summed E-state index contributed by atoms with van der Waals surface area (Å²) in [6.45, 7) is 6.40.